The Morgan fingerprint density at radius 2 is 1.19 bits per heavy atom. The standard InChI is InChI=1S/2Na.2H2O5S2/c;;1-6(2)7(3,4)5;1-6(2)5-7(3)4/h;;(H,1,2)(H,3,4,5);(H,1,2)(H,3,4)/q2*+1;;/p-2. The average molecular weight is 336 g/mol. The largest absolute Gasteiger partial charge is 1.00 e. The van der Waals surface area contributed by atoms with Crippen LogP contribution in [0.2, 0.25) is 0 Å². The van der Waals surface area contributed by atoms with Gasteiger partial charge in [-0.2, -0.15) is 8.42 Å². The Morgan fingerprint density at radius 3 is 1.19 bits per heavy atom. The SMILES string of the molecule is O=S(O)OS(=O)O.O=S([O-])S(=O)(=O)[O-].[Na+].[Na+]. The van der Waals surface area contributed by atoms with Gasteiger partial charge in [0.25, 0.3) is 0 Å². The van der Waals surface area contributed by atoms with Crippen LogP contribution in [-0.2, 0) is 45.6 Å². The summed E-state index contributed by atoms with van der Waals surface area (Å²) >= 11 is -5.29. The second kappa shape index (κ2) is 13.6. The van der Waals surface area contributed by atoms with E-state index in [-0.39, 0.29) is 59.1 Å². The predicted octanol–water partition coefficient (Wildman–Crippen LogP) is -8.39. The van der Waals surface area contributed by atoms with Crippen LogP contribution >= 0.6 is 0 Å². The van der Waals surface area contributed by atoms with Crippen LogP contribution in [0.5, 0.6) is 0 Å². The molecule has 0 bridgehead atoms. The van der Waals surface area contributed by atoms with E-state index in [0.29, 0.717) is 0 Å². The van der Waals surface area contributed by atoms with Crippen molar-refractivity contribution >= 4 is 42.0 Å². The van der Waals surface area contributed by atoms with Gasteiger partial charge < -0.3 is 9.11 Å². The molecule has 0 aromatic carbocycles. The van der Waals surface area contributed by atoms with E-state index < -0.39 is 42.0 Å². The van der Waals surface area contributed by atoms with Crippen molar-refractivity contribution in [3.63, 3.8) is 0 Å². The van der Waals surface area contributed by atoms with Gasteiger partial charge in [-0.15, -0.1) is 3.63 Å². The van der Waals surface area contributed by atoms with Gasteiger partial charge in [-0.25, -0.2) is 8.42 Å². The molecule has 0 aliphatic heterocycles. The molecule has 0 heterocycles. The second-order valence-corrected chi connectivity index (χ2v) is 5.79. The third-order valence-electron chi connectivity index (χ3n) is 0.283. The van der Waals surface area contributed by atoms with Gasteiger partial charge in [0, 0.05) is 0 Å². The van der Waals surface area contributed by atoms with Crippen molar-refractivity contribution in [2.24, 2.45) is 0 Å². The molecular weight excluding hydrogens is 334 g/mol. The smallest absolute Gasteiger partial charge is 0.761 e. The van der Waals surface area contributed by atoms with Gasteiger partial charge in [0.15, 0.2) is 9.15 Å². The van der Waals surface area contributed by atoms with Crippen LogP contribution in [0.4, 0.5) is 0 Å². The number of hydrogen-bond acceptors (Lipinski definition) is 8. The Kier molecular flexibility index (Phi) is 22.7. The molecule has 10 nitrogen and oxygen atoms in total. The molecule has 0 aromatic heterocycles. The molecular formula is H2Na2O10S4. The van der Waals surface area contributed by atoms with Gasteiger partial charge in [0.1, 0.15) is 0 Å². The first-order chi connectivity index (χ1) is 6.07. The van der Waals surface area contributed by atoms with Crippen molar-refractivity contribution in [3.8, 4) is 0 Å². The summed E-state index contributed by atoms with van der Waals surface area (Å²) in [5.74, 6) is 0. The van der Waals surface area contributed by atoms with E-state index in [1.54, 1.807) is 0 Å². The third kappa shape index (κ3) is 25.1. The zero-order valence-electron chi connectivity index (χ0n) is 7.79. The van der Waals surface area contributed by atoms with E-state index in [0.717, 1.165) is 0 Å². The number of rotatable bonds is 3. The molecule has 2 N–H and O–H groups in total. The summed E-state index contributed by atoms with van der Waals surface area (Å²) in [6, 6.07) is 0. The summed E-state index contributed by atoms with van der Waals surface area (Å²) in [5.41, 5.74) is 0. The van der Waals surface area contributed by atoms with Crippen LogP contribution in [-0.4, -0.2) is 39.3 Å². The number of hydrogen-bond donors (Lipinski definition) is 2. The fourth-order valence-corrected chi connectivity index (χ4v) is 0.448. The van der Waals surface area contributed by atoms with Crippen LogP contribution in [0.1, 0.15) is 0 Å². The first-order valence-electron chi connectivity index (χ1n) is 2.03. The first kappa shape index (κ1) is 26.7. The molecule has 0 radical (unpaired) electrons. The zero-order chi connectivity index (χ0) is 11.9. The summed E-state index contributed by atoms with van der Waals surface area (Å²) in [7, 11) is -8.59. The van der Waals surface area contributed by atoms with Crippen molar-refractivity contribution < 1.29 is 102 Å². The summed E-state index contributed by atoms with van der Waals surface area (Å²) < 4.78 is 83.0. The molecule has 0 aliphatic rings. The molecule has 16 heavy (non-hydrogen) atoms. The van der Waals surface area contributed by atoms with Gasteiger partial charge in [0.05, 0.1) is 10.1 Å². The van der Waals surface area contributed by atoms with Gasteiger partial charge in [-0.3, -0.25) is 13.3 Å². The van der Waals surface area contributed by atoms with Gasteiger partial charge >= 0.3 is 81.8 Å². The maximum absolute atomic E-state index is 9.35. The van der Waals surface area contributed by atoms with Crippen molar-refractivity contribution in [2.45, 2.75) is 0 Å². The second-order valence-electron chi connectivity index (χ2n) is 1.11. The Morgan fingerprint density at radius 1 is 1.00 bits per heavy atom. The monoisotopic (exact) mass is 336 g/mol. The van der Waals surface area contributed by atoms with Crippen molar-refractivity contribution in [1.82, 2.24) is 0 Å². The Balaban J connectivity index is -0.0000000800. The minimum atomic E-state index is -5.07. The van der Waals surface area contributed by atoms with Crippen molar-refractivity contribution in [2.75, 3.05) is 0 Å². The molecule has 0 saturated heterocycles. The maximum Gasteiger partial charge on any atom is 1.00 e. The Hall–Kier alpha value is 2.20. The van der Waals surface area contributed by atoms with E-state index in [1.807, 2.05) is 0 Å². The molecule has 0 rings (SSSR count). The van der Waals surface area contributed by atoms with Gasteiger partial charge in [-0.05, 0) is 0 Å². The predicted molar refractivity (Wildman–Crippen MR) is 41.2 cm³/mol. The Labute approximate surface area is 142 Å². The third-order valence-corrected chi connectivity index (χ3v) is 2.55. The van der Waals surface area contributed by atoms with Gasteiger partial charge in [0.2, 0.25) is 0 Å². The van der Waals surface area contributed by atoms with E-state index in [4.69, 9.17) is 30.8 Å². The molecule has 0 aromatic rings. The zero-order valence-corrected chi connectivity index (χ0v) is 15.1. The molecule has 0 aliphatic carbocycles. The fraction of sp³-hybridized carbons (Fsp3) is 0. The van der Waals surface area contributed by atoms with E-state index in [9.17, 15) is 8.42 Å². The molecule has 1 unspecified atom stereocenters. The van der Waals surface area contributed by atoms with Crippen LogP contribution < -0.4 is 59.1 Å². The summed E-state index contributed by atoms with van der Waals surface area (Å²) in [6.07, 6.45) is 0. The van der Waals surface area contributed by atoms with Crippen molar-refractivity contribution in [1.29, 1.82) is 0 Å². The summed E-state index contributed by atoms with van der Waals surface area (Å²) in [6.45, 7) is 0. The average Bonchev–Trinajstić information content (AvgIpc) is 1.81. The molecule has 0 fully saturated rings. The molecule has 0 spiro atoms. The topological polar surface area (TPSA) is 181 Å². The quantitative estimate of drug-likeness (QED) is 0.217. The van der Waals surface area contributed by atoms with Crippen LogP contribution in [0.25, 0.3) is 0 Å². The molecule has 16 heteroatoms. The van der Waals surface area contributed by atoms with E-state index in [2.05, 4.69) is 3.63 Å². The molecule has 0 saturated carbocycles. The normalized spacial score (nSPS) is 15.2. The molecule has 0 amide bonds. The molecule has 1 atom stereocenters. The first-order valence-corrected chi connectivity index (χ1v) is 7.10. The van der Waals surface area contributed by atoms with Crippen LogP contribution in [0.15, 0.2) is 0 Å². The Bertz CT molecular complexity index is 317. The fourth-order valence-electron chi connectivity index (χ4n) is 0.0498. The van der Waals surface area contributed by atoms with E-state index >= 15 is 0 Å². The van der Waals surface area contributed by atoms with Crippen LogP contribution in [0, 0.1) is 0 Å². The molecule has 88 valence electrons. The van der Waals surface area contributed by atoms with E-state index in [1.165, 1.54) is 0 Å². The minimum Gasteiger partial charge on any atom is -0.761 e. The van der Waals surface area contributed by atoms with Crippen LogP contribution in [0.3, 0.4) is 0 Å². The van der Waals surface area contributed by atoms with Gasteiger partial charge in [-0.1, -0.05) is 0 Å². The summed E-state index contributed by atoms with van der Waals surface area (Å²) in [5, 5.41) is 0. The summed E-state index contributed by atoms with van der Waals surface area (Å²) in [4.78, 5) is 0. The maximum atomic E-state index is 9.35. The minimum absolute atomic E-state index is 0. The van der Waals surface area contributed by atoms with Crippen molar-refractivity contribution in [3.05, 3.63) is 0 Å².